The van der Waals surface area contributed by atoms with Gasteiger partial charge in [0, 0.05) is 32.9 Å². The fourth-order valence-corrected chi connectivity index (χ4v) is 9.52. The summed E-state index contributed by atoms with van der Waals surface area (Å²) in [6.45, 7) is 17.3. The lowest BCUT2D eigenvalue weighted by atomic mass is 9.78. The quantitative estimate of drug-likeness (QED) is 0.235. The first-order valence-corrected chi connectivity index (χ1v) is 20.6. The van der Waals surface area contributed by atoms with Crippen molar-refractivity contribution < 1.29 is 66.8 Å². The second kappa shape index (κ2) is 16.2. The average Bonchev–Trinajstić information content (AvgIpc) is 3.39. The summed E-state index contributed by atoms with van der Waals surface area (Å²) in [4.78, 5) is 14.3. The van der Waals surface area contributed by atoms with E-state index in [4.69, 9.17) is 33.2 Å². The highest BCUT2D eigenvalue weighted by Crippen LogP contribution is 2.48. The first-order valence-electron chi connectivity index (χ1n) is 18.8. The van der Waals surface area contributed by atoms with Gasteiger partial charge in [-0.05, 0) is 66.9 Å². The van der Waals surface area contributed by atoms with Gasteiger partial charge in [0.25, 0.3) is 0 Å². The number of aliphatic hydroxyl groups excluding tert-OH is 3. The molecule has 4 aliphatic rings. The highest BCUT2D eigenvalue weighted by Gasteiger charge is 2.57. The maximum absolute atomic E-state index is 14.3. The minimum atomic E-state index is -3.69. The van der Waals surface area contributed by atoms with Crippen LogP contribution in [0.15, 0.2) is 11.3 Å². The molecule has 0 spiro atoms. The molecule has 0 aromatic carbocycles. The van der Waals surface area contributed by atoms with Crippen LogP contribution in [0.1, 0.15) is 94.9 Å². The predicted octanol–water partition coefficient (Wildman–Crippen LogP) is 2.22. The van der Waals surface area contributed by atoms with Crippen LogP contribution in [-0.4, -0.2) is 144 Å². The lowest BCUT2D eigenvalue weighted by Gasteiger charge is -2.48. The standard InChI is InChI=1S/C37H65NO14S/c1-14-25(39)37(10,43)32-20(4)28-18(2)16-36(9,52-28)31(51-34-27(40)24(15-19(3)47-34)38(11)53(13,44)45)21(5)29(22(6)33(42)50-32)49-26-17-35(8,46-12)30(41)23(7)48-26/h19-27,29-32,34,39-41,43H,14-17H2,1-13H3/t19?,20-,21-,22+,23?,24?,25+,26-,27?,29-,30-,31+,32+,34-,35?,36+,37+/m0/s1. The van der Waals surface area contributed by atoms with Gasteiger partial charge in [0.05, 0.1) is 54.2 Å². The van der Waals surface area contributed by atoms with Crippen LogP contribution in [0.3, 0.4) is 0 Å². The predicted molar refractivity (Wildman–Crippen MR) is 193 cm³/mol. The zero-order valence-electron chi connectivity index (χ0n) is 33.6. The number of ether oxygens (including phenoxy) is 7. The molecule has 15 nitrogen and oxygen atoms in total. The molecule has 3 saturated heterocycles. The Bertz CT molecular complexity index is 1440. The first kappa shape index (κ1) is 44.3. The Hall–Kier alpha value is -1.44. The SMILES string of the molecule is CC[C@@H](O)[C@@](C)(O)[C@@H]1OC(=O)[C@H](C)[C@@H](O[C@H]2CC(C)(OC)[C@@H](O)C(C)O2)[C@H](C)[C@@H](O[C@@H]2OC(C)CC(N(C)S(C)(=O)=O)C2O)[C@@]2(C)CC(C)=C(O2)[C@@H]1C. The number of aliphatic hydroxyl groups is 4. The van der Waals surface area contributed by atoms with Crippen molar-refractivity contribution in [2.24, 2.45) is 17.8 Å². The number of likely N-dealkylation sites (N-methyl/N-ethyl adjacent to an activating group) is 1. The van der Waals surface area contributed by atoms with Crippen molar-refractivity contribution in [3.8, 4) is 0 Å². The molecule has 53 heavy (non-hydrogen) atoms. The van der Waals surface area contributed by atoms with E-state index < -0.39 is 118 Å². The number of sulfonamides is 1. The van der Waals surface area contributed by atoms with Gasteiger partial charge in [-0.15, -0.1) is 0 Å². The number of rotatable bonds is 10. The molecule has 2 bridgehead atoms. The average molecular weight is 780 g/mol. The van der Waals surface area contributed by atoms with Gasteiger partial charge in [0.15, 0.2) is 12.6 Å². The zero-order valence-corrected chi connectivity index (χ0v) is 34.5. The molecule has 4 N–H and O–H groups in total. The topological polar surface area (TPSA) is 200 Å². The van der Waals surface area contributed by atoms with Gasteiger partial charge in [0.2, 0.25) is 10.0 Å². The van der Waals surface area contributed by atoms with E-state index in [1.165, 1.54) is 21.1 Å². The summed E-state index contributed by atoms with van der Waals surface area (Å²) in [5.41, 5.74) is -3.28. The van der Waals surface area contributed by atoms with Gasteiger partial charge < -0.3 is 53.6 Å². The molecular formula is C37H65NO14S. The molecule has 4 rings (SSSR count). The highest BCUT2D eigenvalue weighted by atomic mass is 32.2. The number of methoxy groups -OCH3 is 1. The van der Waals surface area contributed by atoms with Crippen LogP contribution < -0.4 is 0 Å². The summed E-state index contributed by atoms with van der Waals surface area (Å²) in [6, 6.07) is -0.853. The Morgan fingerprint density at radius 2 is 1.70 bits per heavy atom. The Balaban J connectivity index is 1.84. The molecule has 16 heteroatoms. The lowest BCUT2D eigenvalue weighted by molar-refractivity contribution is -0.315. The third-order valence-electron chi connectivity index (χ3n) is 12.3. The summed E-state index contributed by atoms with van der Waals surface area (Å²) < 4.78 is 70.8. The number of fused-ring (bicyclic) bond motifs is 2. The maximum atomic E-state index is 14.3. The smallest absolute Gasteiger partial charge is 0.311 e. The number of cyclic esters (lactones) is 1. The fourth-order valence-electron chi connectivity index (χ4n) is 8.82. The Morgan fingerprint density at radius 1 is 1.08 bits per heavy atom. The Labute approximate surface area is 315 Å². The molecule has 17 atom stereocenters. The zero-order chi connectivity index (χ0) is 40.2. The van der Waals surface area contributed by atoms with Crippen LogP contribution in [-0.2, 0) is 48.0 Å². The van der Waals surface area contributed by atoms with E-state index in [-0.39, 0.29) is 19.3 Å². The number of carbonyl (C=O) groups excluding carboxylic acids is 1. The second-order valence-corrected chi connectivity index (χ2v) is 18.7. The van der Waals surface area contributed by atoms with Crippen LogP contribution in [0.2, 0.25) is 0 Å². The molecule has 0 amide bonds. The molecule has 4 aliphatic heterocycles. The summed E-state index contributed by atoms with van der Waals surface area (Å²) in [5, 5.41) is 45.3. The van der Waals surface area contributed by atoms with E-state index in [0.29, 0.717) is 12.2 Å². The molecular weight excluding hydrogens is 714 g/mol. The van der Waals surface area contributed by atoms with Gasteiger partial charge in [-0.25, -0.2) is 8.42 Å². The number of carbonyl (C=O) groups is 1. The number of nitrogens with zero attached hydrogens (tertiary/aromatic N) is 1. The summed E-state index contributed by atoms with van der Waals surface area (Å²) in [5.74, 6) is -2.70. The van der Waals surface area contributed by atoms with Gasteiger partial charge in [0.1, 0.15) is 41.4 Å². The van der Waals surface area contributed by atoms with E-state index in [2.05, 4.69) is 0 Å². The minimum Gasteiger partial charge on any atom is -0.488 e. The van der Waals surface area contributed by atoms with Gasteiger partial charge in [-0.2, -0.15) is 4.31 Å². The largest absolute Gasteiger partial charge is 0.488 e. The normalized spacial score (nSPS) is 44.9. The second-order valence-electron chi connectivity index (χ2n) is 16.7. The van der Waals surface area contributed by atoms with Crippen LogP contribution in [0.25, 0.3) is 0 Å². The van der Waals surface area contributed by atoms with Crippen molar-refractivity contribution in [3.05, 3.63) is 11.3 Å². The van der Waals surface area contributed by atoms with Crippen molar-refractivity contribution in [2.45, 2.75) is 179 Å². The van der Waals surface area contributed by atoms with E-state index in [0.717, 1.165) is 16.1 Å². The lowest BCUT2D eigenvalue weighted by Crippen LogP contribution is -2.60. The van der Waals surface area contributed by atoms with Gasteiger partial charge in [-0.3, -0.25) is 4.79 Å². The molecule has 0 aliphatic carbocycles. The van der Waals surface area contributed by atoms with E-state index in [1.807, 2.05) is 20.8 Å². The summed E-state index contributed by atoms with van der Waals surface area (Å²) in [7, 11) is -0.790. The van der Waals surface area contributed by atoms with Crippen molar-refractivity contribution in [1.82, 2.24) is 4.31 Å². The maximum Gasteiger partial charge on any atom is 0.311 e. The molecule has 4 heterocycles. The molecule has 5 unspecified atom stereocenters. The van der Waals surface area contributed by atoms with Crippen molar-refractivity contribution in [1.29, 1.82) is 0 Å². The minimum absolute atomic E-state index is 0.114. The van der Waals surface area contributed by atoms with Crippen molar-refractivity contribution in [3.63, 3.8) is 0 Å². The summed E-state index contributed by atoms with van der Waals surface area (Å²) in [6.07, 6.45) is -8.32. The van der Waals surface area contributed by atoms with E-state index in [1.54, 1.807) is 41.5 Å². The Morgan fingerprint density at radius 3 is 2.26 bits per heavy atom. The number of hydrogen-bond acceptors (Lipinski definition) is 14. The summed E-state index contributed by atoms with van der Waals surface area (Å²) >= 11 is 0. The van der Waals surface area contributed by atoms with Crippen molar-refractivity contribution >= 4 is 16.0 Å². The van der Waals surface area contributed by atoms with Crippen LogP contribution in [0, 0.1) is 17.8 Å². The monoisotopic (exact) mass is 779 g/mol. The third-order valence-corrected chi connectivity index (χ3v) is 13.6. The van der Waals surface area contributed by atoms with E-state index in [9.17, 15) is 33.6 Å². The van der Waals surface area contributed by atoms with Crippen LogP contribution in [0.4, 0.5) is 0 Å². The Kier molecular flexibility index (Phi) is 13.5. The van der Waals surface area contributed by atoms with Gasteiger partial charge >= 0.3 is 5.97 Å². The number of esters is 1. The van der Waals surface area contributed by atoms with Crippen LogP contribution >= 0.6 is 0 Å². The molecule has 0 radical (unpaired) electrons. The van der Waals surface area contributed by atoms with Crippen molar-refractivity contribution in [2.75, 3.05) is 20.4 Å². The third kappa shape index (κ3) is 8.78. The van der Waals surface area contributed by atoms with E-state index >= 15 is 0 Å². The molecule has 0 aromatic rings. The molecule has 0 aromatic heterocycles. The molecule has 3 fully saturated rings. The van der Waals surface area contributed by atoms with Gasteiger partial charge in [-0.1, -0.05) is 20.8 Å². The highest BCUT2D eigenvalue weighted by molar-refractivity contribution is 7.88. The fraction of sp³-hybridized carbons (Fsp3) is 0.919. The molecule has 0 saturated carbocycles. The van der Waals surface area contributed by atoms with Crippen LogP contribution in [0.5, 0.6) is 0 Å². The number of hydrogen-bond donors (Lipinski definition) is 4. The molecule has 308 valence electrons. The first-order chi connectivity index (χ1) is 24.3.